The largest absolute Gasteiger partial charge is 0.410 e. The third kappa shape index (κ3) is 27.6. The van der Waals surface area contributed by atoms with Gasteiger partial charge in [-0.3, -0.25) is 0 Å². The number of hydrogen-bond donors (Lipinski definition) is 4. The summed E-state index contributed by atoms with van der Waals surface area (Å²) in [5.74, 6) is -8.34. The fourth-order valence-electron chi connectivity index (χ4n) is 18.8. The second-order valence-electron chi connectivity index (χ2n) is 43.3. The Morgan fingerprint density at radius 1 is 0.359 bits per heavy atom. The zero-order chi connectivity index (χ0) is 102. The molecule has 4 saturated carbocycles. The second kappa shape index (κ2) is 46.2. The molecule has 4 saturated heterocycles. The molecule has 0 radical (unpaired) electrons. The van der Waals surface area contributed by atoms with E-state index < -0.39 is 125 Å². The molecule has 8 aromatic rings. The maximum Gasteiger partial charge on any atom is 0.192 e. The van der Waals surface area contributed by atoms with Crippen molar-refractivity contribution >= 4 is 88.8 Å². The number of fused-ring (bicyclic) bond motifs is 4. The Hall–Kier alpha value is -7.36. The number of ether oxygens (including phenoxy) is 8. The third-order valence-electron chi connectivity index (χ3n) is 28.8. The van der Waals surface area contributed by atoms with Gasteiger partial charge in [0, 0.05) is 75.1 Å². The van der Waals surface area contributed by atoms with Gasteiger partial charge in [0.05, 0.1) is 67.0 Å². The number of halogens is 11. The van der Waals surface area contributed by atoms with Crippen LogP contribution in [0, 0.1) is 70.2 Å². The zero-order valence-electron chi connectivity index (χ0n) is 83.6. The van der Waals surface area contributed by atoms with Crippen molar-refractivity contribution in [1.29, 1.82) is 0 Å². The molecule has 790 valence electrons. The molecule has 142 heavy (non-hydrogen) atoms. The first-order chi connectivity index (χ1) is 63.9. The van der Waals surface area contributed by atoms with E-state index in [2.05, 4.69) is 147 Å². The van der Waals surface area contributed by atoms with Crippen molar-refractivity contribution in [2.75, 3.05) is 54.4 Å². The maximum absolute atomic E-state index is 14.4. The van der Waals surface area contributed by atoms with E-state index in [1.165, 1.54) is 73.8 Å². The summed E-state index contributed by atoms with van der Waals surface area (Å²) in [5.41, 5.74) is 13.9. The van der Waals surface area contributed by atoms with E-state index in [9.17, 15) is 40.2 Å². The average Bonchev–Trinajstić information content (AvgIpc) is 1.59. The highest BCUT2D eigenvalue weighted by Crippen LogP contribution is 2.57. The van der Waals surface area contributed by atoms with Gasteiger partial charge in [0.1, 0.15) is 94.3 Å². The van der Waals surface area contributed by atoms with Crippen LogP contribution >= 0.6 is 34.8 Å². The van der Waals surface area contributed by atoms with E-state index in [1.54, 1.807) is 36.4 Å². The first-order valence-corrected chi connectivity index (χ1v) is 56.3. The summed E-state index contributed by atoms with van der Waals surface area (Å²) in [7, 11) is 0.851. The van der Waals surface area contributed by atoms with Gasteiger partial charge in [-0.1, -0.05) is 151 Å². The lowest BCUT2D eigenvalue weighted by Crippen LogP contribution is -2.44. The van der Waals surface area contributed by atoms with Gasteiger partial charge in [0.25, 0.3) is 0 Å². The van der Waals surface area contributed by atoms with E-state index >= 15 is 0 Å². The molecular weight excluding hydrogens is 1960 g/mol. The van der Waals surface area contributed by atoms with Crippen LogP contribution in [0.2, 0.25) is 69.9 Å². The summed E-state index contributed by atoms with van der Waals surface area (Å²) >= 11 is 17.0. The summed E-state index contributed by atoms with van der Waals surface area (Å²) in [5, 5.41) is 15.2. The van der Waals surface area contributed by atoms with Crippen molar-refractivity contribution in [2.24, 2.45) is 23.7 Å². The van der Waals surface area contributed by atoms with E-state index in [1.807, 2.05) is 98.3 Å². The summed E-state index contributed by atoms with van der Waals surface area (Å²) in [6.07, 6.45) is 3.49. The van der Waals surface area contributed by atoms with Gasteiger partial charge >= 0.3 is 0 Å². The fourth-order valence-corrected chi connectivity index (χ4v) is 23.2. The number of nitrogens with two attached hydrogens (primary N) is 2. The Labute approximate surface area is 853 Å². The van der Waals surface area contributed by atoms with E-state index in [0.29, 0.717) is 86.1 Å². The molecule has 0 spiro atoms. The number of nitrogens with one attached hydrogen (secondary N) is 1. The van der Waals surface area contributed by atoms with Crippen LogP contribution in [0.4, 0.5) is 64.2 Å². The van der Waals surface area contributed by atoms with Crippen LogP contribution in [-0.2, 0) is 51.2 Å². The molecule has 4 aliphatic heterocycles. The Morgan fingerprint density at radius 2 is 0.606 bits per heavy atom. The molecule has 8 heterocycles. The van der Waals surface area contributed by atoms with Crippen molar-refractivity contribution in [3.8, 4) is 0 Å². The lowest BCUT2D eigenvalue weighted by molar-refractivity contribution is -0.163. The molecule has 4 aliphatic carbocycles. The molecule has 16 rings (SSSR count). The molecule has 8 aliphatic rings. The molecule has 40 heteroatoms. The number of aliphatic hydroxyl groups is 1. The molecule has 26 nitrogen and oxygen atoms in total. The van der Waals surface area contributed by atoms with Crippen LogP contribution in [-0.4, -0.2) is 194 Å². The summed E-state index contributed by atoms with van der Waals surface area (Å²) < 4.78 is 183. The molecule has 0 bridgehead atoms. The number of aromatic nitrogens is 8. The normalized spacial score (nSPS) is 26.1. The molecule has 6 N–H and O–H groups in total. The van der Waals surface area contributed by atoms with E-state index in [0.717, 1.165) is 18.6 Å². The topological polar surface area (TPSA) is 299 Å². The van der Waals surface area contributed by atoms with Crippen LogP contribution in [0.1, 0.15) is 220 Å². The zero-order valence-corrected chi connectivity index (χ0v) is 88.9. The number of benzene rings is 4. The van der Waals surface area contributed by atoms with Crippen LogP contribution < -0.4 is 31.5 Å². The Balaban J connectivity index is 0.000000224. The molecule has 4 aromatic carbocycles. The predicted octanol–water partition coefficient (Wildman–Crippen LogP) is 23.9. The minimum atomic E-state index is -2.31. The summed E-state index contributed by atoms with van der Waals surface area (Å²) in [6, 6.07) is 21.9. The smallest absolute Gasteiger partial charge is 0.192 e. The molecular formula is C102H151Cl3F8N14O12Si3. The minimum absolute atomic E-state index is 0. The minimum Gasteiger partial charge on any atom is -0.410 e. The number of aliphatic hydroxyl groups excluding tert-OH is 1. The standard InChI is InChI=1S/C26H36ClF2N3O3Si.C26H38F2N4O3Si.C22H35F2NO3Si.C20H24F2N4O3.C4H2Cl2N2.4CH4/c1-25(2,3)36(7,8)35-22(15-9-10-17(28)18(29)11-15)16-12-19(24-23(16)33-26(4,5)34-24)32(6)21-13-20(27)30-14-31-21;1-25(2,3)36(7,8)35-22(15-9-10-17(27)18(28)11-15)16-12-19(24-23(16)33-26(4,5)34-24)32(6)21-13-20(29)30-14-31-21;1-21(2,3)29(7,8)28-18(13-9-10-15(23)16(24)11-13)14-12-17(25-6)20-19(14)26-22(4,5)27-20;1-20(2)28-18-11(17(27)10-4-5-12(21)13(22)6-10)7-14(19(18)29-20)26(3)16-8-15(23)24-9-25-16;5-3-1-4(6)8-2-7-3;;;;/h9-11,13-14,16,19,22-24H,12H2,1-8H3;9-11,13-14,16,19,22-24H,12H2,1-8H3,(H2,29,30,31);9-11,14,17-20,25H,12H2,1-8H3;4-6,8-9,11,14,17-19,27H,7H2,1-3H3,(H2,23,24,25);1-2H;4*1H4/t2*16-,19-,22?,23-,24+;14-,17-,18?,19-,20+;11-,14-,17?,18-,19+;;;;;/m1111...../s1. The summed E-state index contributed by atoms with van der Waals surface area (Å²) in [6.45, 7) is 47.5. The number of nitrogen functional groups attached to an aromatic ring is 2. The quantitative estimate of drug-likeness (QED) is 0.0295. The highest BCUT2D eigenvalue weighted by atomic mass is 35.5. The van der Waals surface area contributed by atoms with Gasteiger partial charge in [0.2, 0.25) is 0 Å². The second-order valence-corrected chi connectivity index (χ2v) is 58.7. The summed E-state index contributed by atoms with van der Waals surface area (Å²) in [4.78, 5) is 38.2. The van der Waals surface area contributed by atoms with Gasteiger partial charge in [-0.25, -0.2) is 75.0 Å². The van der Waals surface area contributed by atoms with Crippen molar-refractivity contribution in [1.82, 2.24) is 45.2 Å². The van der Waals surface area contributed by atoms with Crippen LogP contribution in [0.25, 0.3) is 0 Å². The first kappa shape index (κ1) is 120. The molecule has 4 aromatic heterocycles. The van der Waals surface area contributed by atoms with E-state index in [-0.39, 0.29) is 135 Å². The monoisotopic (exact) mass is 2100 g/mol. The molecule has 0 amide bonds. The number of nitrogens with zero attached hydrogens (tertiary/aromatic N) is 11. The van der Waals surface area contributed by atoms with Crippen molar-refractivity contribution in [3.63, 3.8) is 0 Å². The Morgan fingerprint density at radius 3 is 0.887 bits per heavy atom. The van der Waals surface area contributed by atoms with Crippen molar-refractivity contribution in [2.45, 2.75) is 348 Å². The lowest BCUT2D eigenvalue weighted by Gasteiger charge is -2.42. The number of anilines is 5. The van der Waals surface area contributed by atoms with Gasteiger partial charge in [-0.2, -0.15) is 0 Å². The first-order valence-electron chi connectivity index (χ1n) is 46.4. The van der Waals surface area contributed by atoms with Crippen molar-refractivity contribution < 1.29 is 91.4 Å². The highest BCUT2D eigenvalue weighted by Gasteiger charge is 2.63. The SMILES string of the molecule is C.C.C.C.CN(c1cc(Cl)ncn1)[C@@H]1C[C@H](C(O[Si](C)(C)C(C)(C)C)c2ccc(F)c(F)c2)[C@H]2OC(C)(C)O[C@H]21.CN(c1cc(N)ncn1)[C@@H]1C[C@H](C(O)c2ccc(F)c(F)c2)[C@H]2OC(C)(C)O[C@H]21.CN(c1cc(N)ncn1)[C@@H]1C[C@H](C(O[Si](C)(C)C(C)(C)C)c2ccc(F)c(F)c2)[C@H]2OC(C)(C)O[C@H]21.CN[C@@H]1C[C@H](C(O[Si](C)(C)C(C)(C)C)c2ccc(F)c(F)c2)[C@H]2OC(C)(C)O[C@H]21.Clc1cc(Cl)ncn1. The Bertz CT molecular complexity index is 5360. The van der Waals surface area contributed by atoms with Gasteiger partial charge in [0.15, 0.2) is 94.6 Å². The molecule has 4 unspecified atom stereocenters. The number of rotatable bonds is 21. The average molecular weight is 2110 g/mol. The number of hydrogen-bond acceptors (Lipinski definition) is 26. The predicted molar refractivity (Wildman–Crippen MR) is 550 cm³/mol. The molecule has 20 atom stereocenters. The number of likely N-dealkylation sites (N-methyl/N-ethyl adjacent to an activating group) is 4. The van der Waals surface area contributed by atoms with Crippen molar-refractivity contribution in [3.05, 3.63) is 207 Å². The lowest BCUT2D eigenvalue weighted by atomic mass is 9.92. The van der Waals surface area contributed by atoms with Gasteiger partial charge in [-0.05, 0) is 213 Å². The fraction of sp³-hybridized carbons (Fsp3) is 0.608. The van der Waals surface area contributed by atoms with Gasteiger partial charge < -0.3 is 87.8 Å². The maximum atomic E-state index is 14.4. The Kier molecular flexibility index (Phi) is 39.0. The van der Waals surface area contributed by atoms with Crippen LogP contribution in [0.5, 0.6) is 0 Å². The van der Waals surface area contributed by atoms with E-state index in [4.69, 9.17) is 97.4 Å². The highest BCUT2D eigenvalue weighted by molar-refractivity contribution is 6.75. The molecule has 8 fully saturated rings. The van der Waals surface area contributed by atoms with Gasteiger partial charge in [-0.15, -0.1) is 0 Å². The van der Waals surface area contributed by atoms with Crippen LogP contribution in [0.3, 0.4) is 0 Å². The van der Waals surface area contributed by atoms with Crippen LogP contribution in [0.15, 0.2) is 122 Å². The third-order valence-corrected chi connectivity index (χ3v) is 42.8.